The number of ether oxygens (including phenoxy) is 1. The summed E-state index contributed by atoms with van der Waals surface area (Å²) in [5.41, 5.74) is 0.920. The first-order chi connectivity index (χ1) is 11.6. The maximum atomic E-state index is 12.1. The Bertz CT molecular complexity index is 687. The summed E-state index contributed by atoms with van der Waals surface area (Å²) < 4.78 is 5.36. The average Bonchev–Trinajstić information content (AvgIpc) is 3.05. The number of amides is 1. The van der Waals surface area contributed by atoms with Crippen LogP contribution < -0.4 is 10.6 Å². The van der Waals surface area contributed by atoms with Crippen molar-refractivity contribution >= 4 is 34.8 Å². The second kappa shape index (κ2) is 8.71. The van der Waals surface area contributed by atoms with Crippen LogP contribution in [0.4, 0.5) is 5.13 Å². The third-order valence-electron chi connectivity index (χ3n) is 4.13. The van der Waals surface area contributed by atoms with Crippen LogP contribution in [0.2, 0.25) is 0 Å². The Hall–Kier alpha value is -1.54. The van der Waals surface area contributed by atoms with Crippen LogP contribution in [0.15, 0.2) is 30.3 Å². The summed E-state index contributed by atoms with van der Waals surface area (Å²) in [5.74, 6) is -0.0711. The van der Waals surface area contributed by atoms with Crippen molar-refractivity contribution in [2.24, 2.45) is 0 Å². The van der Waals surface area contributed by atoms with E-state index in [2.05, 4.69) is 46.8 Å². The maximum Gasteiger partial charge on any atom is 0.227 e. The molecule has 1 amide bonds. The third-order valence-corrected chi connectivity index (χ3v) is 5.29. The monoisotopic (exact) mass is 382 g/mol. The number of carbonyl (C=O) groups is 1. The average molecular weight is 383 g/mol. The second-order valence-electron chi connectivity index (χ2n) is 6.38. The van der Waals surface area contributed by atoms with Crippen molar-refractivity contribution in [3.05, 3.63) is 40.9 Å². The molecule has 1 aliphatic heterocycles. The lowest BCUT2D eigenvalue weighted by atomic mass is 9.85. The number of nitrogens with zero attached hydrogens (tertiary/aromatic N) is 2. The molecule has 2 heterocycles. The van der Waals surface area contributed by atoms with Crippen LogP contribution in [0.3, 0.4) is 0 Å². The lowest BCUT2D eigenvalue weighted by molar-refractivity contribution is -0.117. The molecule has 1 aromatic heterocycles. The van der Waals surface area contributed by atoms with E-state index in [-0.39, 0.29) is 29.8 Å². The van der Waals surface area contributed by atoms with Gasteiger partial charge in [0.1, 0.15) is 5.01 Å². The van der Waals surface area contributed by atoms with Gasteiger partial charge in [0, 0.05) is 24.4 Å². The van der Waals surface area contributed by atoms with E-state index in [0.29, 0.717) is 24.8 Å². The number of hydrogen-bond donors (Lipinski definition) is 2. The summed E-state index contributed by atoms with van der Waals surface area (Å²) in [6.07, 6.45) is 0.372. The summed E-state index contributed by atoms with van der Waals surface area (Å²) >= 11 is 1.42. The van der Waals surface area contributed by atoms with Crippen molar-refractivity contribution in [1.29, 1.82) is 0 Å². The predicted molar refractivity (Wildman–Crippen MR) is 102 cm³/mol. The van der Waals surface area contributed by atoms with Crippen molar-refractivity contribution < 1.29 is 9.53 Å². The number of morpholine rings is 1. The zero-order valence-electron chi connectivity index (χ0n) is 14.3. The summed E-state index contributed by atoms with van der Waals surface area (Å²) in [5, 5.41) is 15.9. The highest BCUT2D eigenvalue weighted by atomic mass is 35.5. The maximum absolute atomic E-state index is 12.1. The van der Waals surface area contributed by atoms with Gasteiger partial charge in [0.15, 0.2) is 0 Å². The Morgan fingerprint density at radius 3 is 2.80 bits per heavy atom. The zero-order valence-corrected chi connectivity index (χ0v) is 16.0. The van der Waals surface area contributed by atoms with Crippen molar-refractivity contribution in [2.45, 2.75) is 31.7 Å². The van der Waals surface area contributed by atoms with Crippen LogP contribution in [0.25, 0.3) is 0 Å². The predicted octanol–water partition coefficient (Wildman–Crippen LogP) is 2.60. The lowest BCUT2D eigenvalue weighted by Gasteiger charge is -2.23. The van der Waals surface area contributed by atoms with Crippen LogP contribution in [-0.2, 0) is 14.9 Å². The largest absolute Gasteiger partial charge is 0.378 e. The van der Waals surface area contributed by atoms with Crippen LogP contribution in [0, 0.1) is 0 Å². The van der Waals surface area contributed by atoms with Crippen molar-refractivity contribution in [3.8, 4) is 0 Å². The molecule has 0 bridgehead atoms. The summed E-state index contributed by atoms with van der Waals surface area (Å²) in [6.45, 7) is 6.27. The Balaban J connectivity index is 0.00000225. The van der Waals surface area contributed by atoms with Crippen LogP contribution in [0.5, 0.6) is 0 Å². The fourth-order valence-corrected chi connectivity index (χ4v) is 3.53. The minimum atomic E-state index is -0.249. The fourth-order valence-electron chi connectivity index (χ4n) is 2.65. The standard InChI is InChI=1S/C17H22N4O2S.ClH/c1-17(2,12-6-4-3-5-7-12)15-20-21-16(24-15)19-14(22)10-13-11-23-9-8-18-13;/h3-7,13,18H,8-11H2,1-2H3,(H,19,21,22);1H. The number of benzene rings is 1. The minimum Gasteiger partial charge on any atom is -0.378 e. The van der Waals surface area contributed by atoms with Gasteiger partial charge in [0.2, 0.25) is 11.0 Å². The first-order valence-electron chi connectivity index (χ1n) is 8.06. The first kappa shape index (κ1) is 19.8. The molecule has 0 saturated carbocycles. The van der Waals surface area contributed by atoms with Gasteiger partial charge in [-0.1, -0.05) is 41.7 Å². The van der Waals surface area contributed by atoms with E-state index in [9.17, 15) is 4.79 Å². The number of carbonyl (C=O) groups excluding carboxylic acids is 1. The zero-order chi connectivity index (χ0) is 17.0. The van der Waals surface area contributed by atoms with Gasteiger partial charge in [-0.2, -0.15) is 0 Å². The van der Waals surface area contributed by atoms with Gasteiger partial charge in [-0.15, -0.1) is 22.6 Å². The first-order valence-corrected chi connectivity index (χ1v) is 8.88. The van der Waals surface area contributed by atoms with E-state index in [1.807, 2.05) is 18.2 Å². The Morgan fingerprint density at radius 1 is 1.36 bits per heavy atom. The molecule has 25 heavy (non-hydrogen) atoms. The van der Waals surface area contributed by atoms with E-state index >= 15 is 0 Å². The molecule has 1 aliphatic rings. The number of anilines is 1. The highest BCUT2D eigenvalue weighted by molar-refractivity contribution is 7.15. The van der Waals surface area contributed by atoms with Gasteiger partial charge in [0.05, 0.1) is 13.2 Å². The van der Waals surface area contributed by atoms with Gasteiger partial charge in [-0.25, -0.2) is 0 Å². The van der Waals surface area contributed by atoms with E-state index in [1.54, 1.807) is 0 Å². The summed E-state index contributed by atoms with van der Waals surface area (Å²) in [4.78, 5) is 12.1. The Morgan fingerprint density at radius 2 is 2.12 bits per heavy atom. The van der Waals surface area contributed by atoms with Crippen molar-refractivity contribution in [1.82, 2.24) is 15.5 Å². The molecule has 0 spiro atoms. The molecule has 2 aromatic rings. The minimum absolute atomic E-state index is 0. The van der Waals surface area contributed by atoms with Crippen LogP contribution in [-0.4, -0.2) is 41.9 Å². The number of nitrogens with one attached hydrogen (secondary N) is 2. The number of aromatic nitrogens is 2. The second-order valence-corrected chi connectivity index (χ2v) is 7.36. The van der Waals surface area contributed by atoms with Gasteiger partial charge >= 0.3 is 0 Å². The van der Waals surface area contributed by atoms with E-state index in [0.717, 1.165) is 11.6 Å². The van der Waals surface area contributed by atoms with Crippen molar-refractivity contribution in [3.63, 3.8) is 0 Å². The molecule has 8 heteroatoms. The molecular formula is C17H23ClN4O2S. The summed E-state index contributed by atoms with van der Waals surface area (Å²) in [6, 6.07) is 10.2. The molecule has 0 radical (unpaired) electrons. The number of halogens is 1. The fraction of sp³-hybridized carbons (Fsp3) is 0.471. The van der Waals surface area contributed by atoms with Crippen molar-refractivity contribution in [2.75, 3.05) is 25.1 Å². The quantitative estimate of drug-likeness (QED) is 0.831. The molecule has 1 unspecified atom stereocenters. The summed E-state index contributed by atoms with van der Waals surface area (Å²) in [7, 11) is 0. The van der Waals surface area contributed by atoms with Crippen LogP contribution in [0.1, 0.15) is 30.8 Å². The lowest BCUT2D eigenvalue weighted by Crippen LogP contribution is -2.43. The van der Waals surface area contributed by atoms with E-state index in [1.165, 1.54) is 16.9 Å². The molecule has 3 rings (SSSR count). The van der Waals surface area contributed by atoms with E-state index in [4.69, 9.17) is 4.74 Å². The molecule has 1 saturated heterocycles. The molecular weight excluding hydrogens is 360 g/mol. The van der Waals surface area contributed by atoms with E-state index < -0.39 is 0 Å². The molecule has 0 aliphatic carbocycles. The Kier molecular flexibility index (Phi) is 6.89. The van der Waals surface area contributed by atoms with Gasteiger partial charge in [0.25, 0.3) is 0 Å². The number of rotatable bonds is 5. The number of hydrogen-bond acceptors (Lipinski definition) is 6. The molecule has 2 N–H and O–H groups in total. The molecule has 136 valence electrons. The van der Waals surface area contributed by atoms with Crippen LogP contribution >= 0.6 is 23.7 Å². The SMILES string of the molecule is CC(C)(c1ccccc1)c1nnc(NC(=O)CC2COCCN2)s1.Cl. The molecule has 1 fully saturated rings. The van der Waals surface area contributed by atoms with Gasteiger partial charge in [-0.3, -0.25) is 4.79 Å². The highest BCUT2D eigenvalue weighted by Gasteiger charge is 2.28. The molecule has 1 atom stereocenters. The third kappa shape index (κ3) is 4.98. The Labute approximate surface area is 157 Å². The highest BCUT2D eigenvalue weighted by Crippen LogP contribution is 2.34. The normalized spacial score (nSPS) is 17.6. The smallest absolute Gasteiger partial charge is 0.227 e. The molecule has 1 aromatic carbocycles. The topological polar surface area (TPSA) is 76.1 Å². The van der Waals surface area contributed by atoms with Gasteiger partial charge < -0.3 is 15.4 Å². The molecule has 6 nitrogen and oxygen atoms in total. The van der Waals surface area contributed by atoms with Gasteiger partial charge in [-0.05, 0) is 19.4 Å².